The highest BCUT2D eigenvalue weighted by Crippen LogP contribution is 2.62. The third-order valence-corrected chi connectivity index (χ3v) is 8.84. The second kappa shape index (κ2) is 9.09. The molecule has 9 heteroatoms. The van der Waals surface area contributed by atoms with Crippen LogP contribution in [0.1, 0.15) is 17.5 Å². The fraction of sp³-hybridized carbons (Fsp3) is 0.300. The molecular formula is C30H24ClFN2O5. The van der Waals surface area contributed by atoms with E-state index in [4.69, 9.17) is 25.9 Å². The number of nitrogens with zero attached hydrogens (tertiary/aromatic N) is 2. The van der Waals surface area contributed by atoms with E-state index in [2.05, 4.69) is 5.16 Å². The van der Waals surface area contributed by atoms with E-state index in [-0.39, 0.29) is 40.7 Å². The molecule has 4 aliphatic rings. The van der Waals surface area contributed by atoms with Crippen LogP contribution in [0.25, 0.3) is 0 Å². The lowest BCUT2D eigenvalue weighted by Gasteiger charge is -2.29. The van der Waals surface area contributed by atoms with Gasteiger partial charge < -0.3 is 14.3 Å². The maximum Gasteiger partial charge on any atom is 0.238 e. The number of rotatable bonds is 6. The van der Waals surface area contributed by atoms with Gasteiger partial charge >= 0.3 is 0 Å². The first-order valence-corrected chi connectivity index (χ1v) is 13.3. The normalized spacial score (nSPS) is 28.3. The van der Waals surface area contributed by atoms with Crippen molar-refractivity contribution in [1.29, 1.82) is 0 Å². The summed E-state index contributed by atoms with van der Waals surface area (Å²) < 4.78 is 25.4. The predicted molar refractivity (Wildman–Crippen MR) is 141 cm³/mol. The Morgan fingerprint density at radius 3 is 2.49 bits per heavy atom. The van der Waals surface area contributed by atoms with E-state index < -0.39 is 17.7 Å². The van der Waals surface area contributed by atoms with Gasteiger partial charge in [0.15, 0.2) is 11.5 Å². The topological polar surface area (TPSA) is 77.4 Å². The molecular weight excluding hydrogens is 523 g/mol. The number of amides is 2. The molecule has 2 bridgehead atoms. The van der Waals surface area contributed by atoms with Crippen LogP contribution in [0.15, 0.2) is 71.9 Å². The lowest BCUT2D eigenvalue weighted by atomic mass is 9.71. The first kappa shape index (κ1) is 24.2. The maximum absolute atomic E-state index is 13.7. The summed E-state index contributed by atoms with van der Waals surface area (Å²) in [6, 6.07) is 19.4. The number of fused-ring (bicyclic) bond motifs is 8. The van der Waals surface area contributed by atoms with Crippen LogP contribution in [0.2, 0.25) is 5.02 Å². The molecule has 0 spiro atoms. The molecule has 198 valence electrons. The number of ether oxygens (including phenoxy) is 2. The van der Waals surface area contributed by atoms with Crippen LogP contribution in [0, 0.1) is 35.4 Å². The van der Waals surface area contributed by atoms with Crippen molar-refractivity contribution in [2.75, 3.05) is 12.0 Å². The minimum absolute atomic E-state index is 0.0939. The third-order valence-electron chi connectivity index (χ3n) is 8.55. The summed E-state index contributed by atoms with van der Waals surface area (Å²) in [5.74, 6) is -1.27. The van der Waals surface area contributed by atoms with Crippen LogP contribution in [0.4, 0.5) is 10.1 Å². The number of anilines is 1. The van der Waals surface area contributed by atoms with Crippen LogP contribution in [0.5, 0.6) is 11.5 Å². The number of carbonyl (C=O) groups excluding carboxylic acids is 2. The molecule has 2 saturated carbocycles. The highest BCUT2D eigenvalue weighted by Gasteiger charge is 2.70. The Kier molecular flexibility index (Phi) is 5.63. The Morgan fingerprint density at radius 1 is 0.974 bits per heavy atom. The molecule has 6 atom stereocenters. The molecule has 1 saturated heterocycles. The van der Waals surface area contributed by atoms with Crippen molar-refractivity contribution in [1.82, 2.24) is 0 Å². The van der Waals surface area contributed by atoms with Crippen LogP contribution in [-0.2, 0) is 21.0 Å². The molecule has 3 fully saturated rings. The summed E-state index contributed by atoms with van der Waals surface area (Å²) in [4.78, 5) is 34.1. The van der Waals surface area contributed by atoms with Gasteiger partial charge in [-0.3, -0.25) is 9.59 Å². The molecule has 3 aromatic rings. The Hall–Kier alpha value is -3.91. The van der Waals surface area contributed by atoms with E-state index in [1.54, 1.807) is 7.11 Å². The number of oxime groups is 1. The van der Waals surface area contributed by atoms with Crippen molar-refractivity contribution in [2.24, 2.45) is 34.7 Å². The van der Waals surface area contributed by atoms with E-state index >= 15 is 0 Å². The molecule has 2 amide bonds. The monoisotopic (exact) mass is 546 g/mol. The average Bonchev–Trinajstić information content (AvgIpc) is 3.70. The van der Waals surface area contributed by atoms with Crippen LogP contribution in [0.3, 0.4) is 0 Å². The van der Waals surface area contributed by atoms with E-state index in [1.807, 2.05) is 48.5 Å². The van der Waals surface area contributed by atoms with Gasteiger partial charge in [-0.25, -0.2) is 9.29 Å². The summed E-state index contributed by atoms with van der Waals surface area (Å²) in [7, 11) is 1.59. The van der Waals surface area contributed by atoms with Gasteiger partial charge in [-0.2, -0.15) is 0 Å². The van der Waals surface area contributed by atoms with Gasteiger partial charge in [0.1, 0.15) is 18.5 Å². The van der Waals surface area contributed by atoms with Crippen molar-refractivity contribution in [3.63, 3.8) is 0 Å². The summed E-state index contributed by atoms with van der Waals surface area (Å²) in [5.41, 5.74) is 2.92. The zero-order valence-electron chi connectivity index (χ0n) is 20.9. The van der Waals surface area contributed by atoms with Crippen molar-refractivity contribution >= 4 is 34.8 Å². The quantitative estimate of drug-likeness (QED) is 0.395. The predicted octanol–water partition coefficient (Wildman–Crippen LogP) is 5.24. The van der Waals surface area contributed by atoms with Crippen molar-refractivity contribution < 1.29 is 28.3 Å². The minimum atomic E-state index is -0.601. The summed E-state index contributed by atoms with van der Waals surface area (Å²) in [5, 5.41) is 4.30. The van der Waals surface area contributed by atoms with Gasteiger partial charge in [0.2, 0.25) is 11.8 Å². The number of hydrogen-bond donors (Lipinski definition) is 0. The van der Waals surface area contributed by atoms with Gasteiger partial charge in [0.05, 0.1) is 35.4 Å². The Morgan fingerprint density at radius 2 is 1.74 bits per heavy atom. The fourth-order valence-corrected chi connectivity index (χ4v) is 7.10. The van der Waals surface area contributed by atoms with Gasteiger partial charge in [-0.15, -0.1) is 0 Å². The van der Waals surface area contributed by atoms with Gasteiger partial charge in [-0.05, 0) is 54.3 Å². The van der Waals surface area contributed by atoms with Crippen molar-refractivity contribution in [3.05, 3.63) is 88.7 Å². The first-order chi connectivity index (χ1) is 19.0. The molecule has 2 aliphatic carbocycles. The smallest absolute Gasteiger partial charge is 0.238 e. The molecule has 2 aliphatic heterocycles. The maximum atomic E-state index is 13.7. The molecule has 7 nitrogen and oxygen atoms in total. The van der Waals surface area contributed by atoms with Crippen LogP contribution in [-0.4, -0.2) is 30.7 Å². The van der Waals surface area contributed by atoms with Crippen LogP contribution < -0.4 is 14.4 Å². The first-order valence-electron chi connectivity index (χ1n) is 12.9. The number of methoxy groups -OCH3 is 1. The molecule has 0 N–H and O–H groups in total. The van der Waals surface area contributed by atoms with E-state index in [1.165, 1.54) is 23.1 Å². The van der Waals surface area contributed by atoms with Crippen molar-refractivity contribution in [3.8, 4) is 11.5 Å². The average molecular weight is 547 g/mol. The van der Waals surface area contributed by atoms with E-state index in [0.29, 0.717) is 30.2 Å². The molecule has 2 heterocycles. The molecule has 7 rings (SSSR count). The number of imide groups is 1. The molecule has 39 heavy (non-hydrogen) atoms. The highest BCUT2D eigenvalue weighted by molar-refractivity contribution is 6.31. The van der Waals surface area contributed by atoms with Crippen molar-refractivity contribution in [2.45, 2.75) is 19.1 Å². The molecule has 0 unspecified atom stereocenters. The lowest BCUT2D eigenvalue weighted by Crippen LogP contribution is -2.41. The standard InChI is InChI=1S/C30H24ClFN2O5/c1-37-23-11-16(7-10-22(23)38-14-15-5-3-2-4-6-15)27-26-18-13-19(28(26)39-33-27)25-24(18)29(35)34(30(25)36)17-8-9-21(32)20(31)12-17/h2-12,18-19,24-26,28H,13-14H2,1H3/t18-,19+,24+,25-,26+,28+/m0/s1. The largest absolute Gasteiger partial charge is 0.493 e. The second-order valence-electron chi connectivity index (χ2n) is 10.4. The highest BCUT2D eigenvalue weighted by atomic mass is 35.5. The number of benzene rings is 3. The zero-order valence-corrected chi connectivity index (χ0v) is 21.7. The fourth-order valence-electron chi connectivity index (χ4n) is 6.92. The molecule has 0 radical (unpaired) electrons. The summed E-state index contributed by atoms with van der Waals surface area (Å²) in [6.07, 6.45) is 0.439. The SMILES string of the molecule is COc1cc(C2=NO[C@@H]3[C@@H]4C[C@@H]([C@H]5C(=O)N(c6ccc(F)c(Cl)c6)C(=O)[C@@H]45)[C@H]23)ccc1OCc1ccccc1. The Labute approximate surface area is 229 Å². The van der Waals surface area contributed by atoms with E-state index in [0.717, 1.165) is 16.8 Å². The second-order valence-corrected chi connectivity index (χ2v) is 10.8. The Bertz CT molecular complexity index is 1530. The Balaban J connectivity index is 1.14. The van der Waals surface area contributed by atoms with E-state index in [9.17, 15) is 14.0 Å². The summed E-state index contributed by atoms with van der Waals surface area (Å²) >= 11 is 5.95. The molecule has 3 aromatic carbocycles. The summed E-state index contributed by atoms with van der Waals surface area (Å²) in [6.45, 7) is 0.407. The number of carbonyl (C=O) groups is 2. The van der Waals surface area contributed by atoms with Crippen LogP contribution >= 0.6 is 11.6 Å². The lowest BCUT2D eigenvalue weighted by molar-refractivity contribution is -0.125. The zero-order chi connectivity index (χ0) is 26.8. The van der Waals surface area contributed by atoms with Gasteiger partial charge in [-0.1, -0.05) is 47.1 Å². The number of halogens is 2. The third kappa shape index (κ3) is 3.65. The van der Waals surface area contributed by atoms with Gasteiger partial charge in [0.25, 0.3) is 0 Å². The van der Waals surface area contributed by atoms with Gasteiger partial charge in [0, 0.05) is 17.4 Å². The minimum Gasteiger partial charge on any atom is -0.493 e. The number of hydrogen-bond acceptors (Lipinski definition) is 6. The molecule has 0 aromatic heterocycles.